The van der Waals surface area contributed by atoms with Crippen molar-refractivity contribution in [3.63, 3.8) is 0 Å². The fourth-order valence-corrected chi connectivity index (χ4v) is 1.34. The summed E-state index contributed by atoms with van der Waals surface area (Å²) in [5, 5.41) is 26.6. The van der Waals surface area contributed by atoms with Crippen LogP contribution in [-0.2, 0) is 0 Å². The largest absolute Gasteiger partial charge is 0.381 e. The van der Waals surface area contributed by atoms with Gasteiger partial charge in [0.15, 0.2) is 5.82 Å². The molecule has 84 valence electrons. The quantitative estimate of drug-likeness (QED) is 0.595. The molecule has 8 nitrogen and oxygen atoms in total. The minimum Gasteiger partial charge on any atom is -0.381 e. The zero-order valence-corrected chi connectivity index (χ0v) is 8.44. The van der Waals surface area contributed by atoms with Crippen molar-refractivity contribution in [2.75, 3.05) is 5.73 Å². The van der Waals surface area contributed by atoms with Crippen LogP contribution in [0.25, 0.3) is 5.69 Å². The number of hydrogen-bond acceptors (Lipinski definition) is 6. The molecule has 0 radical (unpaired) electrons. The molecule has 0 unspecified atom stereocenters. The standard InChI is InChI=1S/C9H6N6O2/c10-5-6-9(11)14(13-12-6)7-3-1-2-4-8(7)15(16)17/h1-4H,11H2. The monoisotopic (exact) mass is 230 g/mol. The summed E-state index contributed by atoms with van der Waals surface area (Å²) in [6, 6.07) is 7.68. The Kier molecular flexibility index (Phi) is 2.42. The van der Waals surface area contributed by atoms with Crippen LogP contribution in [0.15, 0.2) is 24.3 Å². The van der Waals surface area contributed by atoms with Gasteiger partial charge in [-0.05, 0) is 6.07 Å². The van der Waals surface area contributed by atoms with Crippen molar-refractivity contribution < 1.29 is 4.92 Å². The Morgan fingerprint density at radius 2 is 2.18 bits per heavy atom. The van der Waals surface area contributed by atoms with Gasteiger partial charge in [0.1, 0.15) is 11.8 Å². The topological polar surface area (TPSA) is 124 Å². The highest BCUT2D eigenvalue weighted by Gasteiger charge is 2.19. The van der Waals surface area contributed by atoms with Crippen molar-refractivity contribution in [1.29, 1.82) is 5.26 Å². The lowest BCUT2D eigenvalue weighted by molar-refractivity contribution is -0.384. The normalized spacial score (nSPS) is 9.82. The van der Waals surface area contributed by atoms with Crippen molar-refractivity contribution in [1.82, 2.24) is 15.0 Å². The Bertz CT molecular complexity index is 627. The van der Waals surface area contributed by atoms with E-state index in [2.05, 4.69) is 10.3 Å². The molecule has 0 fully saturated rings. The lowest BCUT2D eigenvalue weighted by Crippen LogP contribution is -2.05. The molecule has 0 atom stereocenters. The van der Waals surface area contributed by atoms with Gasteiger partial charge >= 0.3 is 0 Å². The van der Waals surface area contributed by atoms with E-state index in [0.29, 0.717) is 0 Å². The smallest absolute Gasteiger partial charge is 0.295 e. The van der Waals surface area contributed by atoms with E-state index in [1.807, 2.05) is 0 Å². The lowest BCUT2D eigenvalue weighted by Gasteiger charge is -2.02. The van der Waals surface area contributed by atoms with Crippen LogP contribution < -0.4 is 5.73 Å². The lowest BCUT2D eigenvalue weighted by atomic mass is 10.2. The van der Waals surface area contributed by atoms with Crippen LogP contribution in [0.3, 0.4) is 0 Å². The van der Waals surface area contributed by atoms with E-state index in [1.165, 1.54) is 18.2 Å². The Labute approximate surface area is 95.0 Å². The van der Waals surface area contributed by atoms with Crippen molar-refractivity contribution >= 4 is 11.5 Å². The van der Waals surface area contributed by atoms with E-state index in [-0.39, 0.29) is 22.9 Å². The molecule has 8 heteroatoms. The number of aromatic nitrogens is 3. The first-order valence-corrected chi connectivity index (χ1v) is 4.50. The number of anilines is 1. The summed E-state index contributed by atoms with van der Waals surface area (Å²) in [5.74, 6) is -0.0261. The van der Waals surface area contributed by atoms with E-state index >= 15 is 0 Å². The molecule has 0 aliphatic carbocycles. The summed E-state index contributed by atoms with van der Waals surface area (Å²) in [6.07, 6.45) is 0. The van der Waals surface area contributed by atoms with E-state index in [9.17, 15) is 10.1 Å². The number of nitrogen functional groups attached to an aromatic ring is 1. The van der Waals surface area contributed by atoms with Crippen LogP contribution in [-0.4, -0.2) is 19.9 Å². The maximum Gasteiger partial charge on any atom is 0.295 e. The molecule has 1 heterocycles. The predicted molar refractivity (Wildman–Crippen MR) is 57.1 cm³/mol. The molecule has 0 aliphatic heterocycles. The molecule has 0 spiro atoms. The minimum atomic E-state index is -0.553. The number of nitro benzene ring substituents is 1. The summed E-state index contributed by atoms with van der Waals surface area (Å²) in [6.45, 7) is 0. The average molecular weight is 230 g/mol. The SMILES string of the molecule is N#Cc1nnn(-c2ccccc2[N+](=O)[O-])c1N. The second-order valence-electron chi connectivity index (χ2n) is 3.09. The first-order chi connectivity index (χ1) is 8.15. The molecule has 0 bridgehead atoms. The van der Waals surface area contributed by atoms with E-state index in [1.54, 1.807) is 12.1 Å². The van der Waals surface area contributed by atoms with Gasteiger partial charge in [-0.1, -0.05) is 17.3 Å². The van der Waals surface area contributed by atoms with Crippen LogP contribution in [0.1, 0.15) is 5.69 Å². The summed E-state index contributed by atoms with van der Waals surface area (Å²) >= 11 is 0. The maximum absolute atomic E-state index is 10.8. The van der Waals surface area contributed by atoms with Crippen molar-refractivity contribution in [2.24, 2.45) is 0 Å². The van der Waals surface area contributed by atoms with Gasteiger partial charge in [-0.3, -0.25) is 10.1 Å². The van der Waals surface area contributed by atoms with Crippen molar-refractivity contribution in [3.8, 4) is 11.8 Å². The average Bonchev–Trinajstić information content (AvgIpc) is 2.70. The number of nitro groups is 1. The second kappa shape index (κ2) is 3.90. The second-order valence-corrected chi connectivity index (χ2v) is 3.09. The van der Waals surface area contributed by atoms with Crippen LogP contribution in [0, 0.1) is 21.4 Å². The van der Waals surface area contributed by atoms with Gasteiger partial charge in [0.25, 0.3) is 5.69 Å². The van der Waals surface area contributed by atoms with E-state index < -0.39 is 4.92 Å². The third-order valence-corrected chi connectivity index (χ3v) is 2.12. The summed E-state index contributed by atoms with van der Waals surface area (Å²) < 4.78 is 1.07. The Hall–Kier alpha value is -2.95. The number of nitrogens with zero attached hydrogens (tertiary/aromatic N) is 5. The first kappa shape index (κ1) is 10.6. The van der Waals surface area contributed by atoms with Gasteiger partial charge in [0.05, 0.1) is 4.92 Å². The van der Waals surface area contributed by atoms with Crippen molar-refractivity contribution in [2.45, 2.75) is 0 Å². The molecule has 0 saturated heterocycles. The van der Waals surface area contributed by atoms with Gasteiger partial charge in [-0.25, -0.2) is 0 Å². The number of hydrogen-bond donors (Lipinski definition) is 1. The van der Waals surface area contributed by atoms with Crippen molar-refractivity contribution in [3.05, 3.63) is 40.1 Å². The predicted octanol–water partition coefficient (Wildman–Crippen LogP) is 0.629. The highest BCUT2D eigenvalue weighted by molar-refractivity contribution is 5.57. The summed E-state index contributed by atoms with van der Waals surface area (Å²) in [4.78, 5) is 10.3. The fourth-order valence-electron chi connectivity index (χ4n) is 1.34. The first-order valence-electron chi connectivity index (χ1n) is 4.50. The van der Waals surface area contributed by atoms with Gasteiger partial charge in [0.2, 0.25) is 5.69 Å². The zero-order valence-electron chi connectivity index (χ0n) is 8.44. The molecule has 0 amide bonds. The number of rotatable bonds is 2. The van der Waals surface area contributed by atoms with Crippen LogP contribution >= 0.6 is 0 Å². The number of benzene rings is 1. The van der Waals surface area contributed by atoms with Gasteiger partial charge in [-0.2, -0.15) is 9.94 Å². The number of nitriles is 1. The van der Waals surface area contributed by atoms with Crippen LogP contribution in [0.2, 0.25) is 0 Å². The molecule has 2 N–H and O–H groups in total. The fraction of sp³-hybridized carbons (Fsp3) is 0. The molecule has 1 aromatic heterocycles. The molecule has 2 rings (SSSR count). The minimum absolute atomic E-state index is 0.0261. The van der Waals surface area contributed by atoms with Gasteiger partial charge < -0.3 is 5.73 Å². The van der Waals surface area contributed by atoms with Crippen LogP contribution in [0.5, 0.6) is 0 Å². The van der Waals surface area contributed by atoms with E-state index in [4.69, 9.17) is 11.0 Å². The Morgan fingerprint density at radius 3 is 2.76 bits per heavy atom. The van der Waals surface area contributed by atoms with Crippen LogP contribution in [0.4, 0.5) is 11.5 Å². The molecule has 17 heavy (non-hydrogen) atoms. The number of para-hydroxylation sites is 2. The third kappa shape index (κ3) is 1.65. The van der Waals surface area contributed by atoms with Gasteiger partial charge in [-0.15, -0.1) is 5.10 Å². The molecule has 2 aromatic rings. The highest BCUT2D eigenvalue weighted by Crippen LogP contribution is 2.24. The molecular formula is C9H6N6O2. The van der Waals surface area contributed by atoms with E-state index in [0.717, 1.165) is 4.68 Å². The summed E-state index contributed by atoms with van der Waals surface area (Å²) in [5.41, 5.74) is 5.55. The van der Waals surface area contributed by atoms with Gasteiger partial charge in [0, 0.05) is 6.07 Å². The Morgan fingerprint density at radius 1 is 1.47 bits per heavy atom. The molecule has 1 aromatic carbocycles. The molecular weight excluding hydrogens is 224 g/mol. The highest BCUT2D eigenvalue weighted by atomic mass is 16.6. The third-order valence-electron chi connectivity index (χ3n) is 2.12. The number of nitrogens with two attached hydrogens (primary N) is 1. The Balaban J connectivity index is 2.65. The summed E-state index contributed by atoms with van der Waals surface area (Å²) in [7, 11) is 0. The molecule has 0 saturated carbocycles. The zero-order chi connectivity index (χ0) is 12.4. The maximum atomic E-state index is 10.8. The molecule has 0 aliphatic rings.